The summed E-state index contributed by atoms with van der Waals surface area (Å²) in [6, 6.07) is 6.99. The smallest absolute Gasteiger partial charge is 0.354 e. The van der Waals surface area contributed by atoms with Crippen molar-refractivity contribution in [2.24, 2.45) is 11.0 Å². The molecule has 0 aliphatic heterocycles. The van der Waals surface area contributed by atoms with E-state index in [1.165, 1.54) is 0 Å². The lowest BCUT2D eigenvalue weighted by Gasteiger charge is -2.21. The van der Waals surface area contributed by atoms with E-state index in [1.807, 2.05) is 13.8 Å². The van der Waals surface area contributed by atoms with Crippen molar-refractivity contribution in [2.75, 3.05) is 17.9 Å². The van der Waals surface area contributed by atoms with Gasteiger partial charge < -0.3 is 9.84 Å². The van der Waals surface area contributed by atoms with E-state index in [0.29, 0.717) is 22.2 Å². The Balaban J connectivity index is 0.00000379. The van der Waals surface area contributed by atoms with Gasteiger partial charge in [-0.25, -0.2) is 4.79 Å². The second kappa shape index (κ2) is 15.8. The first kappa shape index (κ1) is 26.9. The molecule has 0 saturated carbocycles. The summed E-state index contributed by atoms with van der Waals surface area (Å²) in [6.45, 7) is 11.2. The second-order valence-corrected chi connectivity index (χ2v) is 6.22. The second-order valence-electron chi connectivity index (χ2n) is 5.50. The number of nitrogens with one attached hydrogen (secondary N) is 1. The zero-order chi connectivity index (χ0) is 22.2. The van der Waals surface area contributed by atoms with Crippen LogP contribution in [0.2, 0.25) is 5.02 Å². The van der Waals surface area contributed by atoms with Crippen LogP contribution in [0.5, 0.6) is 0 Å². The average Bonchev–Trinajstić information content (AvgIpc) is 2.73. The Bertz CT molecular complexity index is 731. The summed E-state index contributed by atoms with van der Waals surface area (Å²) in [5.74, 6) is -0.990. The summed E-state index contributed by atoms with van der Waals surface area (Å²) in [6.07, 6.45) is 5.55. The van der Waals surface area contributed by atoms with E-state index in [1.54, 1.807) is 62.4 Å². The van der Waals surface area contributed by atoms with E-state index in [0.717, 1.165) is 0 Å². The van der Waals surface area contributed by atoms with Gasteiger partial charge in [-0.3, -0.25) is 5.43 Å². The molecular formula is C22H30Cl2N2O3. The molecule has 29 heavy (non-hydrogen) atoms. The van der Waals surface area contributed by atoms with Crippen LogP contribution < -0.4 is 5.43 Å². The summed E-state index contributed by atoms with van der Waals surface area (Å²) in [4.78, 5) is 12.4. The van der Waals surface area contributed by atoms with Crippen LogP contribution in [0.3, 0.4) is 0 Å². The largest absolute Gasteiger partial charge is 0.461 e. The number of carbonyl (C=O) groups is 1. The van der Waals surface area contributed by atoms with Gasteiger partial charge in [-0.05, 0) is 24.6 Å². The molecule has 0 aliphatic rings. The summed E-state index contributed by atoms with van der Waals surface area (Å²) in [5, 5.41) is 15.3. The Labute approximate surface area is 183 Å². The Morgan fingerprint density at radius 3 is 2.59 bits per heavy atom. The monoisotopic (exact) mass is 440 g/mol. The van der Waals surface area contributed by atoms with Crippen LogP contribution in [0, 0.1) is 5.92 Å². The zero-order valence-corrected chi connectivity index (χ0v) is 18.9. The van der Waals surface area contributed by atoms with Gasteiger partial charge in [-0.1, -0.05) is 75.4 Å². The van der Waals surface area contributed by atoms with Crippen LogP contribution in [-0.2, 0) is 9.53 Å². The molecule has 1 aromatic carbocycles. The molecule has 0 fully saturated rings. The van der Waals surface area contributed by atoms with E-state index < -0.39 is 18.0 Å². The van der Waals surface area contributed by atoms with Crippen LogP contribution in [0.1, 0.15) is 27.7 Å². The van der Waals surface area contributed by atoms with Gasteiger partial charge in [0.15, 0.2) is 5.71 Å². The molecule has 1 aromatic rings. The number of hydrogen-bond acceptors (Lipinski definition) is 5. The van der Waals surface area contributed by atoms with Crippen molar-refractivity contribution in [3.8, 4) is 0 Å². The fraction of sp³-hybridized carbons (Fsp3) is 0.364. The van der Waals surface area contributed by atoms with Crippen molar-refractivity contribution < 1.29 is 14.6 Å². The maximum absolute atomic E-state index is 12.4. The highest BCUT2D eigenvalue weighted by atomic mass is 35.5. The number of allylic oxidation sites excluding steroid dienone is 3. The third kappa shape index (κ3) is 9.31. The van der Waals surface area contributed by atoms with Gasteiger partial charge in [0.25, 0.3) is 0 Å². The Kier molecular flexibility index (Phi) is 14.7. The van der Waals surface area contributed by atoms with Gasteiger partial charge in [0.2, 0.25) is 0 Å². The molecule has 0 heterocycles. The quantitative estimate of drug-likeness (QED) is 0.163. The van der Waals surface area contributed by atoms with Gasteiger partial charge in [0.05, 0.1) is 23.4 Å². The first-order chi connectivity index (χ1) is 14.0. The molecular weight excluding hydrogens is 411 g/mol. The highest BCUT2D eigenvalue weighted by Gasteiger charge is 2.28. The number of hydrogen-bond donors (Lipinski definition) is 2. The number of nitrogens with zero attached hydrogens (tertiary/aromatic N) is 1. The minimum absolute atomic E-state index is 0.0403. The summed E-state index contributed by atoms with van der Waals surface area (Å²) < 4.78 is 5.08. The number of alkyl halides is 1. The molecule has 0 bridgehead atoms. The minimum Gasteiger partial charge on any atom is -0.461 e. The number of rotatable bonds is 10. The van der Waals surface area contributed by atoms with E-state index in [2.05, 4.69) is 17.1 Å². The predicted octanol–water partition coefficient (Wildman–Crippen LogP) is 5.60. The minimum atomic E-state index is -1.02. The van der Waals surface area contributed by atoms with Gasteiger partial charge in [-0.2, -0.15) is 5.10 Å². The highest BCUT2D eigenvalue weighted by molar-refractivity contribution is 6.37. The molecule has 160 valence electrons. The van der Waals surface area contributed by atoms with E-state index >= 15 is 0 Å². The van der Waals surface area contributed by atoms with Crippen LogP contribution in [0.15, 0.2) is 65.8 Å². The number of hydrazone groups is 1. The van der Waals surface area contributed by atoms with Gasteiger partial charge >= 0.3 is 5.97 Å². The Morgan fingerprint density at radius 1 is 1.38 bits per heavy atom. The van der Waals surface area contributed by atoms with Crippen molar-refractivity contribution in [1.82, 2.24) is 0 Å². The molecule has 0 saturated heterocycles. The number of esters is 1. The van der Waals surface area contributed by atoms with Crippen molar-refractivity contribution in [2.45, 2.75) is 33.8 Å². The van der Waals surface area contributed by atoms with Gasteiger partial charge in [0.1, 0.15) is 0 Å². The van der Waals surface area contributed by atoms with Crippen molar-refractivity contribution in [3.63, 3.8) is 0 Å². The molecule has 0 amide bonds. The highest BCUT2D eigenvalue weighted by Crippen LogP contribution is 2.22. The molecule has 2 unspecified atom stereocenters. The molecule has 2 N–H and O–H groups in total. The third-order valence-electron chi connectivity index (χ3n) is 3.61. The number of para-hydroxylation sites is 1. The van der Waals surface area contributed by atoms with Crippen LogP contribution in [-0.4, -0.2) is 35.4 Å². The normalized spacial score (nSPS) is 13.9. The van der Waals surface area contributed by atoms with E-state index in [9.17, 15) is 9.90 Å². The number of anilines is 1. The van der Waals surface area contributed by atoms with Gasteiger partial charge in [0, 0.05) is 11.8 Å². The first-order valence-corrected chi connectivity index (χ1v) is 10.4. The third-order valence-corrected chi connectivity index (χ3v) is 4.12. The predicted molar refractivity (Wildman–Crippen MR) is 124 cm³/mol. The fourth-order valence-electron chi connectivity index (χ4n) is 2.22. The maximum Gasteiger partial charge on any atom is 0.354 e. The topological polar surface area (TPSA) is 70.9 Å². The Hall–Kier alpha value is -2.08. The lowest BCUT2D eigenvalue weighted by atomic mass is 9.92. The Morgan fingerprint density at radius 2 is 2.03 bits per heavy atom. The molecule has 0 aromatic heterocycles. The number of carbonyl (C=O) groups excluding carboxylic acids is 1. The molecule has 1 rings (SSSR count). The summed E-state index contributed by atoms with van der Waals surface area (Å²) >= 11 is 11.8. The number of aliphatic hydroxyl groups is 1. The molecule has 7 heteroatoms. The van der Waals surface area contributed by atoms with Crippen molar-refractivity contribution >= 4 is 40.6 Å². The summed E-state index contributed by atoms with van der Waals surface area (Å²) in [7, 11) is 0. The molecule has 0 spiro atoms. The van der Waals surface area contributed by atoms with Gasteiger partial charge in [-0.15, -0.1) is 11.6 Å². The zero-order valence-electron chi connectivity index (χ0n) is 17.4. The molecule has 5 nitrogen and oxygen atoms in total. The lowest BCUT2D eigenvalue weighted by molar-refractivity contribution is -0.135. The maximum atomic E-state index is 12.4. The van der Waals surface area contributed by atoms with Crippen LogP contribution in [0.25, 0.3) is 0 Å². The van der Waals surface area contributed by atoms with Crippen molar-refractivity contribution in [3.05, 3.63) is 65.7 Å². The summed E-state index contributed by atoms with van der Waals surface area (Å²) in [5.41, 5.74) is 3.89. The molecule has 2 atom stereocenters. The fourth-order valence-corrected chi connectivity index (χ4v) is 2.49. The first-order valence-electron chi connectivity index (χ1n) is 9.44. The molecule has 0 aliphatic carbocycles. The number of halogens is 2. The number of ether oxygens (including phenoxy) is 1. The standard InChI is InChI=1S/C20H24Cl2N2O3.C2H6/c1-4-9-15(10-8-13-21)19(25)14(3)18(20(26)27-5-2)24-23-17-12-7-6-11-16(17)22;1-2/h4,6-12,14,19,23,25H,1,5,13H2,2-3H3;1-2H3/b10-8-,15-9+,24-18-;. The van der Waals surface area contributed by atoms with Crippen LogP contribution >= 0.6 is 23.2 Å². The molecule has 0 radical (unpaired) electrons. The average molecular weight is 441 g/mol. The number of aliphatic hydroxyl groups excluding tert-OH is 1. The lowest BCUT2D eigenvalue weighted by Crippen LogP contribution is -2.34. The van der Waals surface area contributed by atoms with E-state index in [4.69, 9.17) is 27.9 Å². The van der Waals surface area contributed by atoms with Crippen molar-refractivity contribution in [1.29, 1.82) is 0 Å². The number of benzene rings is 1. The van der Waals surface area contributed by atoms with Crippen LogP contribution in [0.4, 0.5) is 5.69 Å². The SMILES string of the molecule is C=C/C=C(\C=C/CCl)C(O)C(C)/C(=N/Nc1ccccc1Cl)C(=O)OCC.CC. The van der Waals surface area contributed by atoms with E-state index in [-0.39, 0.29) is 12.3 Å².